The first-order valence-corrected chi connectivity index (χ1v) is 6.21. The molecule has 19 heavy (non-hydrogen) atoms. The minimum atomic E-state index is 0. The number of nitrogens with one attached hydrogen (secondary N) is 1. The topological polar surface area (TPSA) is 78.6 Å². The van der Waals surface area contributed by atoms with Crippen molar-refractivity contribution in [3.05, 3.63) is 29.8 Å². The predicted molar refractivity (Wildman–Crippen MR) is 77.2 cm³/mol. The summed E-state index contributed by atoms with van der Waals surface area (Å²) in [5, 5.41) is 9.07. The molecule has 106 valence electrons. The zero-order valence-electron chi connectivity index (χ0n) is 10.7. The van der Waals surface area contributed by atoms with Gasteiger partial charge in [-0.2, -0.15) is 0 Å². The number of halogens is 1. The largest absolute Gasteiger partial charge is 0.396 e. The van der Waals surface area contributed by atoms with E-state index in [4.69, 9.17) is 10.9 Å². The van der Waals surface area contributed by atoms with Crippen LogP contribution in [0.1, 0.15) is 23.2 Å². The minimum Gasteiger partial charge on any atom is -0.396 e. The Morgan fingerprint density at radius 2 is 1.89 bits per heavy atom. The van der Waals surface area contributed by atoms with Gasteiger partial charge in [0.1, 0.15) is 0 Å². The lowest BCUT2D eigenvalue weighted by atomic mass is 9.97. The van der Waals surface area contributed by atoms with Gasteiger partial charge in [0.25, 0.3) is 5.91 Å². The molecule has 1 heterocycles. The van der Waals surface area contributed by atoms with Crippen LogP contribution in [-0.2, 0) is 0 Å². The van der Waals surface area contributed by atoms with E-state index in [-0.39, 0.29) is 24.9 Å². The van der Waals surface area contributed by atoms with Gasteiger partial charge in [0.2, 0.25) is 0 Å². The van der Waals surface area contributed by atoms with E-state index in [0.717, 1.165) is 31.6 Å². The Labute approximate surface area is 119 Å². The molecule has 0 aromatic heterocycles. The van der Waals surface area contributed by atoms with Crippen LogP contribution in [0.5, 0.6) is 0 Å². The van der Waals surface area contributed by atoms with Gasteiger partial charge in [-0.25, -0.2) is 0 Å². The number of likely N-dealkylation sites (tertiary alicyclic amines) is 1. The van der Waals surface area contributed by atoms with Crippen molar-refractivity contribution in [2.24, 2.45) is 11.8 Å². The van der Waals surface area contributed by atoms with E-state index in [9.17, 15) is 4.79 Å². The van der Waals surface area contributed by atoms with Crippen LogP contribution in [0.15, 0.2) is 24.3 Å². The van der Waals surface area contributed by atoms with Crippen LogP contribution in [0.4, 0.5) is 5.69 Å². The van der Waals surface area contributed by atoms with Gasteiger partial charge in [0.15, 0.2) is 0 Å². The number of carbonyl (C=O) groups is 1. The van der Waals surface area contributed by atoms with Crippen molar-refractivity contribution in [2.75, 3.05) is 25.1 Å². The summed E-state index contributed by atoms with van der Waals surface area (Å²) < 4.78 is 0. The summed E-state index contributed by atoms with van der Waals surface area (Å²) in [6.45, 7) is 1.67. The van der Waals surface area contributed by atoms with Crippen molar-refractivity contribution in [2.45, 2.75) is 12.8 Å². The molecule has 4 N–H and O–H groups in total. The molecule has 0 atom stereocenters. The van der Waals surface area contributed by atoms with Crippen LogP contribution < -0.4 is 11.3 Å². The average Bonchev–Trinajstić information content (AvgIpc) is 2.47. The summed E-state index contributed by atoms with van der Waals surface area (Å²) in [6.07, 6.45) is 1.76. The SMILES string of the molecule is Cl.NNc1ccc(C(=O)N2CCC(CO)CC2)cc1. The Kier molecular flexibility index (Phi) is 6.08. The third kappa shape index (κ3) is 3.83. The number of amides is 1. The molecule has 5 nitrogen and oxygen atoms in total. The van der Waals surface area contributed by atoms with Gasteiger partial charge >= 0.3 is 0 Å². The molecule has 2 rings (SSSR count). The second kappa shape index (κ2) is 7.33. The van der Waals surface area contributed by atoms with E-state index in [1.807, 2.05) is 4.90 Å². The number of piperidine rings is 1. The van der Waals surface area contributed by atoms with Gasteiger partial charge in [-0.15, -0.1) is 12.4 Å². The number of carbonyl (C=O) groups excluding carboxylic acids is 1. The highest BCUT2D eigenvalue weighted by Crippen LogP contribution is 2.19. The summed E-state index contributed by atoms with van der Waals surface area (Å²) in [5.41, 5.74) is 3.99. The van der Waals surface area contributed by atoms with Crippen LogP contribution in [0.3, 0.4) is 0 Å². The molecule has 1 amide bonds. The molecule has 0 unspecified atom stereocenters. The van der Waals surface area contributed by atoms with E-state index in [1.165, 1.54) is 0 Å². The Hall–Kier alpha value is -1.30. The summed E-state index contributed by atoms with van der Waals surface area (Å²) in [5.74, 6) is 5.68. The summed E-state index contributed by atoms with van der Waals surface area (Å²) in [4.78, 5) is 14.1. The Bertz CT molecular complexity index is 403. The minimum absolute atomic E-state index is 0. The smallest absolute Gasteiger partial charge is 0.253 e. The maximum absolute atomic E-state index is 12.2. The molecule has 0 radical (unpaired) electrons. The predicted octanol–water partition coefficient (Wildman–Crippen LogP) is 1.24. The van der Waals surface area contributed by atoms with E-state index in [0.29, 0.717) is 11.5 Å². The molecule has 0 aliphatic carbocycles. The summed E-state index contributed by atoms with van der Waals surface area (Å²) in [7, 11) is 0. The molecule has 1 aromatic rings. The monoisotopic (exact) mass is 285 g/mol. The summed E-state index contributed by atoms with van der Waals surface area (Å²) in [6, 6.07) is 7.12. The Morgan fingerprint density at radius 3 is 2.37 bits per heavy atom. The van der Waals surface area contributed by atoms with Crippen LogP contribution in [-0.4, -0.2) is 35.6 Å². The first-order chi connectivity index (χ1) is 8.74. The zero-order chi connectivity index (χ0) is 13.0. The first kappa shape index (κ1) is 15.8. The third-order valence-electron chi connectivity index (χ3n) is 3.46. The van der Waals surface area contributed by atoms with Crippen molar-refractivity contribution in [3.63, 3.8) is 0 Å². The van der Waals surface area contributed by atoms with E-state index in [1.54, 1.807) is 24.3 Å². The number of hydrogen-bond acceptors (Lipinski definition) is 4. The van der Waals surface area contributed by atoms with Crippen LogP contribution in [0.25, 0.3) is 0 Å². The summed E-state index contributed by atoms with van der Waals surface area (Å²) >= 11 is 0. The highest BCUT2D eigenvalue weighted by atomic mass is 35.5. The number of benzene rings is 1. The van der Waals surface area contributed by atoms with Gasteiger partial charge in [-0.3, -0.25) is 10.6 Å². The number of hydrazine groups is 1. The first-order valence-electron chi connectivity index (χ1n) is 6.21. The number of anilines is 1. The van der Waals surface area contributed by atoms with Crippen LogP contribution in [0, 0.1) is 5.92 Å². The molecule has 1 fully saturated rings. The molecular formula is C13H20ClN3O2. The fraction of sp³-hybridized carbons (Fsp3) is 0.462. The zero-order valence-corrected chi connectivity index (χ0v) is 11.5. The Morgan fingerprint density at radius 1 is 1.32 bits per heavy atom. The lowest BCUT2D eigenvalue weighted by molar-refractivity contribution is 0.0651. The molecular weight excluding hydrogens is 266 g/mol. The van der Waals surface area contributed by atoms with E-state index in [2.05, 4.69) is 5.43 Å². The number of aliphatic hydroxyl groups is 1. The Balaban J connectivity index is 0.00000180. The van der Waals surface area contributed by atoms with Crippen molar-refractivity contribution >= 4 is 24.0 Å². The molecule has 1 aliphatic heterocycles. The molecule has 0 saturated carbocycles. The maximum atomic E-state index is 12.2. The fourth-order valence-electron chi connectivity index (χ4n) is 2.21. The highest BCUT2D eigenvalue weighted by Gasteiger charge is 2.22. The standard InChI is InChI=1S/C13H19N3O2.ClH/c14-15-12-3-1-11(2-4-12)13(18)16-7-5-10(9-17)6-8-16;/h1-4,10,15,17H,5-9,14H2;1H. The van der Waals surface area contributed by atoms with Gasteiger partial charge < -0.3 is 15.4 Å². The van der Waals surface area contributed by atoms with Crippen molar-refractivity contribution in [1.29, 1.82) is 0 Å². The molecule has 1 saturated heterocycles. The number of nitrogen functional groups attached to an aromatic ring is 1. The normalized spacial score (nSPS) is 15.8. The second-order valence-corrected chi connectivity index (χ2v) is 4.64. The number of rotatable bonds is 3. The maximum Gasteiger partial charge on any atom is 0.253 e. The highest BCUT2D eigenvalue weighted by molar-refractivity contribution is 5.94. The molecule has 6 heteroatoms. The van der Waals surface area contributed by atoms with Crippen molar-refractivity contribution in [1.82, 2.24) is 4.90 Å². The van der Waals surface area contributed by atoms with Crippen molar-refractivity contribution in [3.8, 4) is 0 Å². The lowest BCUT2D eigenvalue weighted by Gasteiger charge is -2.31. The van der Waals surface area contributed by atoms with Gasteiger partial charge in [-0.1, -0.05) is 0 Å². The van der Waals surface area contributed by atoms with E-state index >= 15 is 0 Å². The number of hydrogen-bond donors (Lipinski definition) is 3. The fourth-order valence-corrected chi connectivity index (χ4v) is 2.21. The number of nitrogens with two attached hydrogens (primary N) is 1. The van der Waals surface area contributed by atoms with E-state index < -0.39 is 0 Å². The molecule has 1 aromatic carbocycles. The van der Waals surface area contributed by atoms with Crippen LogP contribution >= 0.6 is 12.4 Å². The number of nitrogens with zero attached hydrogens (tertiary/aromatic N) is 1. The average molecular weight is 286 g/mol. The van der Waals surface area contributed by atoms with Crippen molar-refractivity contribution < 1.29 is 9.90 Å². The van der Waals surface area contributed by atoms with Gasteiger partial charge in [-0.05, 0) is 43.0 Å². The molecule has 0 spiro atoms. The van der Waals surface area contributed by atoms with Gasteiger partial charge in [0.05, 0.1) is 0 Å². The second-order valence-electron chi connectivity index (χ2n) is 4.64. The molecule has 1 aliphatic rings. The van der Waals surface area contributed by atoms with Crippen LogP contribution in [0.2, 0.25) is 0 Å². The quantitative estimate of drug-likeness (QED) is 0.577. The molecule has 0 bridgehead atoms. The third-order valence-corrected chi connectivity index (χ3v) is 3.46. The number of aliphatic hydroxyl groups excluding tert-OH is 1. The lowest BCUT2D eigenvalue weighted by Crippen LogP contribution is -2.39. The van der Waals surface area contributed by atoms with Gasteiger partial charge in [0, 0.05) is 30.9 Å².